The fourth-order valence-corrected chi connectivity index (χ4v) is 6.62. The lowest BCUT2D eigenvalue weighted by atomic mass is 10.0. The summed E-state index contributed by atoms with van der Waals surface area (Å²) in [6.45, 7) is -0.0278. The molecule has 1 aliphatic rings. The van der Waals surface area contributed by atoms with E-state index in [1.54, 1.807) is 16.8 Å². The van der Waals surface area contributed by atoms with Crippen LogP contribution in [0.3, 0.4) is 0 Å². The van der Waals surface area contributed by atoms with Crippen molar-refractivity contribution < 1.29 is 24.2 Å². The van der Waals surface area contributed by atoms with Gasteiger partial charge in [-0.25, -0.2) is 0 Å². The number of nitrogen functional groups attached to an aromatic ring is 1. The van der Waals surface area contributed by atoms with Crippen LogP contribution in [0.4, 0.5) is 17.1 Å². The van der Waals surface area contributed by atoms with Crippen molar-refractivity contribution in [3.63, 3.8) is 0 Å². The lowest BCUT2D eigenvalue weighted by Crippen LogP contribution is -2.31. The number of para-hydroxylation sites is 3. The molecule has 0 bridgehead atoms. The van der Waals surface area contributed by atoms with E-state index in [9.17, 15) is 14.7 Å². The summed E-state index contributed by atoms with van der Waals surface area (Å²) in [7, 11) is 0. The highest BCUT2D eigenvalue weighted by atomic mass is 32.2. The second-order valence-corrected chi connectivity index (χ2v) is 13.2. The number of rotatable bonds is 15. The number of ether oxygens (including phenoxy) is 2. The maximum absolute atomic E-state index is 12.7. The van der Waals surface area contributed by atoms with Crippen LogP contribution >= 0.6 is 11.8 Å². The number of carbonyl (C=O) groups excluding carboxylic acids is 2. The Hall–Kier alpha value is -5.08. The minimum Gasteiger partial charge on any atom is -0.397 e. The van der Waals surface area contributed by atoms with Crippen molar-refractivity contribution >= 4 is 40.6 Å². The number of aliphatic hydroxyl groups excluding tert-OH is 1. The first-order valence-electron chi connectivity index (χ1n) is 17.0. The molecule has 4 aromatic carbocycles. The van der Waals surface area contributed by atoms with Crippen LogP contribution in [-0.2, 0) is 25.7 Å². The van der Waals surface area contributed by atoms with E-state index in [0.717, 1.165) is 28.8 Å². The van der Waals surface area contributed by atoms with E-state index < -0.39 is 6.29 Å². The molecule has 51 heavy (non-hydrogen) atoms. The Morgan fingerprint density at radius 3 is 2.24 bits per heavy atom. The van der Waals surface area contributed by atoms with Crippen molar-refractivity contribution in [3.05, 3.63) is 120 Å². The summed E-state index contributed by atoms with van der Waals surface area (Å²) in [6, 6.07) is 32.1. The molecule has 13 heteroatoms. The van der Waals surface area contributed by atoms with Crippen LogP contribution < -0.4 is 16.4 Å². The molecule has 5 aromatic rings. The zero-order chi connectivity index (χ0) is 35.4. The first-order valence-corrected chi connectivity index (χ1v) is 17.9. The molecule has 6 rings (SSSR count). The van der Waals surface area contributed by atoms with E-state index in [1.807, 2.05) is 91.0 Å². The van der Waals surface area contributed by atoms with Gasteiger partial charge in [-0.1, -0.05) is 84.9 Å². The third kappa shape index (κ3) is 10.0. The first-order chi connectivity index (χ1) is 24.9. The summed E-state index contributed by atoms with van der Waals surface area (Å²) in [5.74, 6) is 0.415. The molecule has 3 atom stereocenters. The molecule has 1 aliphatic heterocycles. The van der Waals surface area contributed by atoms with Crippen molar-refractivity contribution in [1.29, 1.82) is 0 Å². The van der Waals surface area contributed by atoms with E-state index in [1.165, 1.54) is 11.8 Å². The lowest BCUT2D eigenvalue weighted by molar-refractivity contribution is -0.245. The van der Waals surface area contributed by atoms with Gasteiger partial charge in [0, 0.05) is 36.3 Å². The van der Waals surface area contributed by atoms with Crippen molar-refractivity contribution in [3.8, 4) is 5.69 Å². The van der Waals surface area contributed by atoms with Gasteiger partial charge in [0.25, 0.3) is 0 Å². The van der Waals surface area contributed by atoms with E-state index in [2.05, 4.69) is 26.2 Å². The average molecular weight is 708 g/mol. The number of anilines is 3. The van der Waals surface area contributed by atoms with Crippen LogP contribution in [-0.4, -0.2) is 49.0 Å². The van der Waals surface area contributed by atoms with E-state index >= 15 is 0 Å². The topological polar surface area (TPSA) is 167 Å². The van der Waals surface area contributed by atoms with Crippen LogP contribution in [0.5, 0.6) is 0 Å². The molecular weight excluding hydrogens is 667 g/mol. The summed E-state index contributed by atoms with van der Waals surface area (Å²) in [5, 5.41) is 28.3. The van der Waals surface area contributed by atoms with Crippen molar-refractivity contribution in [2.24, 2.45) is 0 Å². The molecule has 0 radical (unpaired) electrons. The van der Waals surface area contributed by atoms with E-state index in [4.69, 9.17) is 15.2 Å². The third-order valence-corrected chi connectivity index (χ3v) is 9.52. The van der Waals surface area contributed by atoms with Crippen LogP contribution in [0.2, 0.25) is 0 Å². The van der Waals surface area contributed by atoms with Gasteiger partial charge in [-0.15, -0.1) is 5.10 Å². The summed E-state index contributed by atoms with van der Waals surface area (Å²) < 4.78 is 14.7. The minimum absolute atomic E-state index is 0.0278. The summed E-state index contributed by atoms with van der Waals surface area (Å²) in [5.41, 5.74) is 11.2. The van der Waals surface area contributed by atoms with Gasteiger partial charge < -0.3 is 30.9 Å². The number of hydrogen-bond donors (Lipinski definition) is 4. The molecule has 0 aliphatic carbocycles. The average Bonchev–Trinajstić information content (AvgIpc) is 3.64. The van der Waals surface area contributed by atoms with Crippen molar-refractivity contribution in [2.45, 2.75) is 68.8 Å². The molecule has 1 fully saturated rings. The molecule has 0 spiro atoms. The highest BCUT2D eigenvalue weighted by Gasteiger charge is 2.32. The van der Waals surface area contributed by atoms with Gasteiger partial charge >= 0.3 is 0 Å². The number of amides is 2. The number of nitrogens with one attached hydrogen (secondary N) is 2. The third-order valence-electron chi connectivity index (χ3n) is 8.46. The Morgan fingerprint density at radius 2 is 1.51 bits per heavy atom. The number of hydrogen-bond acceptors (Lipinski definition) is 10. The van der Waals surface area contributed by atoms with Crippen LogP contribution in [0.15, 0.2) is 108 Å². The molecule has 1 saturated heterocycles. The van der Waals surface area contributed by atoms with Crippen molar-refractivity contribution in [2.75, 3.05) is 22.1 Å². The number of aliphatic hydroxyl groups is 1. The lowest BCUT2D eigenvalue weighted by Gasteiger charge is -2.36. The van der Waals surface area contributed by atoms with Gasteiger partial charge in [0.05, 0.1) is 35.9 Å². The summed E-state index contributed by atoms with van der Waals surface area (Å²) in [6.07, 6.45) is 2.38. The fourth-order valence-electron chi connectivity index (χ4n) is 5.71. The number of aromatic nitrogens is 4. The van der Waals surface area contributed by atoms with Crippen molar-refractivity contribution in [1.82, 2.24) is 20.2 Å². The van der Waals surface area contributed by atoms with Gasteiger partial charge in [-0.05, 0) is 70.8 Å². The highest BCUT2D eigenvalue weighted by molar-refractivity contribution is 7.99. The smallest absolute Gasteiger partial charge is 0.224 e. The van der Waals surface area contributed by atoms with Crippen LogP contribution in [0.1, 0.15) is 67.6 Å². The van der Waals surface area contributed by atoms with Gasteiger partial charge in [-0.3, -0.25) is 9.59 Å². The molecule has 2 amide bonds. The predicted octanol–water partition coefficient (Wildman–Crippen LogP) is 6.60. The molecular formula is C38H41N7O5S. The Bertz CT molecular complexity index is 1870. The Morgan fingerprint density at radius 1 is 0.824 bits per heavy atom. The number of unbranched alkanes of at least 4 members (excludes halogenated alkanes) is 2. The molecule has 0 saturated carbocycles. The predicted molar refractivity (Wildman–Crippen MR) is 196 cm³/mol. The minimum atomic E-state index is -0.641. The SMILES string of the molecule is Nc1ccccc1NC(=O)CCCCCC(=O)Nc1ccc([C@@H]2O[C@H](CSc3nnnn3-c3ccccc3)C[C@H](c3ccc(CO)cc3)O2)cc1. The first kappa shape index (κ1) is 35.7. The van der Waals surface area contributed by atoms with Crippen LogP contribution in [0, 0.1) is 0 Å². The van der Waals surface area contributed by atoms with E-state index in [-0.39, 0.29) is 30.6 Å². The van der Waals surface area contributed by atoms with Gasteiger partial charge in [-0.2, -0.15) is 4.68 Å². The normalized spacial score (nSPS) is 17.2. The van der Waals surface area contributed by atoms with Gasteiger partial charge in [0.2, 0.25) is 17.0 Å². The number of nitrogens with two attached hydrogens (primary N) is 1. The standard InChI is InChI=1S/C38H41N7O5S/c39-32-11-7-8-12-33(32)41-36(48)14-6-2-5-13-35(47)40-29-21-19-28(20-22-29)37-49-31(23-34(50-37)27-17-15-26(24-46)16-18-27)25-51-38-42-43-44-45(38)30-9-3-1-4-10-30/h1,3-4,7-12,15-22,31,34,37,46H,2,5-6,13-14,23-25,39H2,(H,40,47)(H,41,48)/t31-,34+,37+/m0/s1. The number of tetrazole rings is 1. The molecule has 1 aromatic heterocycles. The molecule has 5 N–H and O–H groups in total. The second kappa shape index (κ2) is 17.7. The second-order valence-electron chi connectivity index (χ2n) is 12.2. The van der Waals surface area contributed by atoms with Gasteiger partial charge in [0.1, 0.15) is 0 Å². The molecule has 12 nitrogen and oxygen atoms in total. The largest absolute Gasteiger partial charge is 0.397 e. The molecule has 0 unspecified atom stereocenters. The maximum Gasteiger partial charge on any atom is 0.224 e. The summed E-state index contributed by atoms with van der Waals surface area (Å²) in [4.78, 5) is 24.9. The molecule has 2 heterocycles. The zero-order valence-corrected chi connectivity index (χ0v) is 28.9. The quantitative estimate of drug-likeness (QED) is 0.0529. The van der Waals surface area contributed by atoms with E-state index in [0.29, 0.717) is 60.1 Å². The maximum atomic E-state index is 12.7. The number of nitrogens with zero attached hydrogens (tertiary/aromatic N) is 4. The Balaban J connectivity index is 1.02. The monoisotopic (exact) mass is 707 g/mol. The van der Waals surface area contributed by atoms with Gasteiger partial charge in [0.15, 0.2) is 6.29 Å². The van der Waals surface area contributed by atoms with Crippen LogP contribution in [0.25, 0.3) is 5.69 Å². The summed E-state index contributed by atoms with van der Waals surface area (Å²) >= 11 is 1.52. The molecule has 264 valence electrons. The zero-order valence-electron chi connectivity index (χ0n) is 28.1. The Kier molecular flexibility index (Phi) is 12.4. The Labute approximate surface area is 300 Å². The fraction of sp³-hybridized carbons (Fsp3) is 0.289. The number of thioether (sulfide) groups is 1. The number of benzene rings is 4. The highest BCUT2D eigenvalue weighted by Crippen LogP contribution is 2.39. The number of carbonyl (C=O) groups is 2.